The lowest BCUT2D eigenvalue weighted by molar-refractivity contribution is -0.126. The zero-order valence-electron chi connectivity index (χ0n) is 16.9. The van der Waals surface area contributed by atoms with Gasteiger partial charge in [0.1, 0.15) is 0 Å². The highest BCUT2D eigenvalue weighted by Crippen LogP contribution is 2.54. The van der Waals surface area contributed by atoms with Crippen molar-refractivity contribution < 1.29 is 9.59 Å². The molecule has 1 saturated carbocycles. The summed E-state index contributed by atoms with van der Waals surface area (Å²) in [5.41, 5.74) is 4.72. The molecule has 1 aliphatic heterocycles. The summed E-state index contributed by atoms with van der Waals surface area (Å²) in [5.74, 6) is 1.14. The molecule has 4 heteroatoms. The van der Waals surface area contributed by atoms with E-state index in [0.717, 1.165) is 37.8 Å². The molecule has 0 unspecified atom stereocenters. The van der Waals surface area contributed by atoms with Gasteiger partial charge in [0.25, 0.3) is 5.91 Å². The van der Waals surface area contributed by atoms with Crippen molar-refractivity contribution in [1.29, 1.82) is 0 Å². The van der Waals surface area contributed by atoms with Crippen molar-refractivity contribution in [2.24, 2.45) is 11.8 Å². The number of rotatable bonds is 3. The predicted molar refractivity (Wildman–Crippen MR) is 113 cm³/mol. The summed E-state index contributed by atoms with van der Waals surface area (Å²) < 4.78 is 0. The molecule has 2 aromatic rings. The molecule has 2 amide bonds. The number of nitrogens with zero attached hydrogens (tertiary/aromatic N) is 1. The minimum absolute atomic E-state index is 0.0384. The molecule has 0 aromatic heterocycles. The van der Waals surface area contributed by atoms with Gasteiger partial charge in [-0.2, -0.15) is 0 Å². The van der Waals surface area contributed by atoms with E-state index in [1.807, 2.05) is 36.1 Å². The molecule has 2 aliphatic carbocycles. The number of benzene rings is 2. The van der Waals surface area contributed by atoms with Gasteiger partial charge in [-0.05, 0) is 61.8 Å². The van der Waals surface area contributed by atoms with Gasteiger partial charge in [0.2, 0.25) is 5.91 Å². The van der Waals surface area contributed by atoms with Crippen LogP contribution in [-0.4, -0.2) is 35.8 Å². The van der Waals surface area contributed by atoms with Crippen molar-refractivity contribution in [1.82, 2.24) is 10.2 Å². The van der Waals surface area contributed by atoms with E-state index in [-0.39, 0.29) is 23.8 Å². The zero-order chi connectivity index (χ0) is 20.0. The maximum absolute atomic E-state index is 13.0. The molecule has 1 heterocycles. The highest BCUT2D eigenvalue weighted by Gasteiger charge is 2.54. The van der Waals surface area contributed by atoms with E-state index in [1.165, 1.54) is 11.1 Å². The van der Waals surface area contributed by atoms with E-state index in [9.17, 15) is 9.59 Å². The smallest absolute Gasteiger partial charge is 0.253 e. The molecule has 2 aromatic carbocycles. The first-order valence-electron chi connectivity index (χ1n) is 10.9. The normalized spacial score (nSPS) is 27.6. The van der Waals surface area contributed by atoms with Crippen LogP contribution < -0.4 is 5.32 Å². The molecule has 4 nitrogen and oxygen atoms in total. The number of likely N-dealkylation sites (tertiary alicyclic amines) is 1. The van der Waals surface area contributed by atoms with E-state index in [0.29, 0.717) is 23.9 Å². The van der Waals surface area contributed by atoms with Crippen LogP contribution in [0.2, 0.25) is 0 Å². The van der Waals surface area contributed by atoms with Crippen molar-refractivity contribution in [3.8, 4) is 0 Å². The largest absolute Gasteiger partial charge is 0.352 e. The van der Waals surface area contributed by atoms with Gasteiger partial charge in [0, 0.05) is 30.6 Å². The number of aryl methyl sites for hydroxylation is 2. The molecule has 0 spiro atoms. The lowest BCUT2D eigenvalue weighted by atomic mass is 9.92. The molecule has 1 N–H and O–H groups in total. The summed E-state index contributed by atoms with van der Waals surface area (Å²) in [5, 5.41) is 3.34. The summed E-state index contributed by atoms with van der Waals surface area (Å²) >= 11 is 0. The molecule has 150 valence electrons. The average molecular weight is 389 g/mol. The van der Waals surface area contributed by atoms with Crippen LogP contribution >= 0.6 is 0 Å². The van der Waals surface area contributed by atoms with E-state index in [4.69, 9.17) is 0 Å². The molecule has 0 radical (unpaired) electrons. The number of nitrogens with one attached hydrogen (secondary N) is 1. The van der Waals surface area contributed by atoms with Crippen LogP contribution in [-0.2, 0) is 11.2 Å². The lowest BCUT2D eigenvalue weighted by Gasteiger charge is -2.32. The highest BCUT2D eigenvalue weighted by atomic mass is 16.2. The monoisotopic (exact) mass is 388 g/mol. The molecule has 3 aliphatic rings. The van der Waals surface area contributed by atoms with Gasteiger partial charge in [-0.25, -0.2) is 0 Å². The van der Waals surface area contributed by atoms with Crippen LogP contribution in [0.4, 0.5) is 0 Å². The average Bonchev–Trinajstić information content (AvgIpc) is 3.47. The van der Waals surface area contributed by atoms with E-state index in [1.54, 1.807) is 0 Å². The van der Waals surface area contributed by atoms with Gasteiger partial charge in [-0.3, -0.25) is 9.59 Å². The first-order valence-corrected chi connectivity index (χ1v) is 10.9. The van der Waals surface area contributed by atoms with Gasteiger partial charge in [0.15, 0.2) is 0 Å². The van der Waals surface area contributed by atoms with Crippen LogP contribution in [0.3, 0.4) is 0 Å². The van der Waals surface area contributed by atoms with E-state index in [2.05, 4.69) is 29.6 Å². The molecule has 4 atom stereocenters. The lowest BCUT2D eigenvalue weighted by Crippen LogP contribution is -2.46. The number of hydrogen-bond donors (Lipinski definition) is 1. The van der Waals surface area contributed by atoms with Crippen molar-refractivity contribution in [2.45, 2.75) is 44.6 Å². The van der Waals surface area contributed by atoms with Crippen LogP contribution in [0.15, 0.2) is 48.5 Å². The van der Waals surface area contributed by atoms with Gasteiger partial charge in [-0.15, -0.1) is 0 Å². The Morgan fingerprint density at radius 1 is 1.03 bits per heavy atom. The van der Waals surface area contributed by atoms with Gasteiger partial charge in [0.05, 0.1) is 5.92 Å². The quantitative estimate of drug-likeness (QED) is 0.872. The third-order valence-corrected chi connectivity index (χ3v) is 7.02. The fourth-order valence-corrected chi connectivity index (χ4v) is 5.30. The summed E-state index contributed by atoms with van der Waals surface area (Å²) in [6, 6.07) is 16.6. The third kappa shape index (κ3) is 3.45. The second kappa shape index (κ2) is 7.33. The number of amides is 2. The summed E-state index contributed by atoms with van der Waals surface area (Å²) in [7, 11) is 0. The predicted octanol–water partition coefficient (Wildman–Crippen LogP) is 3.69. The standard InChI is InChI=1S/C25H28N2O2/c1-16-8-10-18(11-9-16)25(29)27-14-4-6-19(15-27)24(28)26-23-21-13-12-17-5-2-3-7-20(17)22(21)23/h2-3,5,7-11,19,21-23H,4,6,12-15H2,1H3,(H,26,28)/t19-,21+,22-,23+/m0/s1. The van der Waals surface area contributed by atoms with Crippen molar-refractivity contribution in [2.75, 3.05) is 13.1 Å². The Labute approximate surface area is 172 Å². The second-order valence-corrected chi connectivity index (χ2v) is 8.92. The SMILES string of the molecule is Cc1ccc(C(=O)N2CCC[C@H](C(=O)N[C@@H]3[C@@H]4CCc5ccccc5[C@@H]43)C2)cc1. The van der Waals surface area contributed by atoms with E-state index >= 15 is 0 Å². The van der Waals surface area contributed by atoms with Gasteiger partial charge < -0.3 is 10.2 Å². The summed E-state index contributed by atoms with van der Waals surface area (Å²) in [6.07, 6.45) is 4.03. The summed E-state index contributed by atoms with van der Waals surface area (Å²) in [6.45, 7) is 3.28. The Balaban J connectivity index is 1.22. The number of fused-ring (bicyclic) bond motifs is 3. The maximum Gasteiger partial charge on any atom is 0.253 e. The molecular weight excluding hydrogens is 360 g/mol. The molecule has 2 fully saturated rings. The fraction of sp³-hybridized carbons (Fsp3) is 0.440. The Bertz CT molecular complexity index is 936. The fourth-order valence-electron chi connectivity index (χ4n) is 5.30. The van der Waals surface area contributed by atoms with Gasteiger partial charge in [-0.1, -0.05) is 42.0 Å². The highest BCUT2D eigenvalue weighted by molar-refractivity contribution is 5.94. The Kier molecular flexibility index (Phi) is 4.65. The minimum Gasteiger partial charge on any atom is -0.352 e. The van der Waals surface area contributed by atoms with Crippen molar-refractivity contribution in [3.63, 3.8) is 0 Å². The zero-order valence-corrected chi connectivity index (χ0v) is 16.9. The first-order chi connectivity index (χ1) is 14.1. The van der Waals surface area contributed by atoms with E-state index < -0.39 is 0 Å². The van der Waals surface area contributed by atoms with Crippen molar-refractivity contribution >= 4 is 11.8 Å². The Hall–Kier alpha value is -2.62. The summed E-state index contributed by atoms with van der Waals surface area (Å²) in [4.78, 5) is 27.7. The van der Waals surface area contributed by atoms with Crippen LogP contribution in [0.5, 0.6) is 0 Å². The molecule has 1 saturated heterocycles. The van der Waals surface area contributed by atoms with Crippen LogP contribution in [0.25, 0.3) is 0 Å². The maximum atomic E-state index is 13.0. The first kappa shape index (κ1) is 18.4. The number of hydrogen-bond acceptors (Lipinski definition) is 2. The Morgan fingerprint density at radius 2 is 1.83 bits per heavy atom. The molecule has 29 heavy (non-hydrogen) atoms. The molecular formula is C25H28N2O2. The number of carbonyl (C=O) groups excluding carboxylic acids is 2. The van der Waals surface area contributed by atoms with Gasteiger partial charge >= 0.3 is 0 Å². The van der Waals surface area contributed by atoms with Crippen molar-refractivity contribution in [3.05, 3.63) is 70.8 Å². The van der Waals surface area contributed by atoms with Crippen LogP contribution in [0.1, 0.15) is 52.2 Å². The Morgan fingerprint density at radius 3 is 2.66 bits per heavy atom. The number of piperidine rings is 1. The third-order valence-electron chi connectivity index (χ3n) is 7.02. The topological polar surface area (TPSA) is 49.4 Å². The van der Waals surface area contributed by atoms with Crippen LogP contribution in [0, 0.1) is 18.8 Å². The second-order valence-electron chi connectivity index (χ2n) is 8.92. The molecule has 5 rings (SSSR count). The molecule has 0 bridgehead atoms. The number of carbonyl (C=O) groups is 2. The minimum atomic E-state index is -0.101.